The maximum absolute atomic E-state index is 12.0. The van der Waals surface area contributed by atoms with Crippen molar-refractivity contribution in [1.82, 2.24) is 4.98 Å². The summed E-state index contributed by atoms with van der Waals surface area (Å²) in [5.41, 5.74) is 2.50. The standard InChI is InChI=1S/C17H20N2O3S/c1-10(2)13-6-5-11(3)7-15(13)22-8-16(21)19-17-18-14(9-23-17)12(4)20/h5-7,9-10H,8H2,1-4H3,(H,18,19,21). The number of rotatable bonds is 6. The van der Waals surface area contributed by atoms with E-state index >= 15 is 0 Å². The molecule has 0 spiro atoms. The van der Waals surface area contributed by atoms with Crippen LogP contribution in [0.3, 0.4) is 0 Å². The summed E-state index contributed by atoms with van der Waals surface area (Å²) in [4.78, 5) is 27.2. The Morgan fingerprint density at radius 2 is 2.09 bits per heavy atom. The van der Waals surface area contributed by atoms with Gasteiger partial charge in [-0.05, 0) is 30.0 Å². The Bertz CT molecular complexity index is 722. The van der Waals surface area contributed by atoms with Gasteiger partial charge >= 0.3 is 0 Å². The van der Waals surface area contributed by atoms with E-state index in [1.54, 1.807) is 5.38 Å². The van der Waals surface area contributed by atoms with Crippen molar-refractivity contribution in [3.63, 3.8) is 0 Å². The molecule has 0 bridgehead atoms. The molecule has 0 unspecified atom stereocenters. The summed E-state index contributed by atoms with van der Waals surface area (Å²) in [6.07, 6.45) is 0. The van der Waals surface area contributed by atoms with E-state index in [2.05, 4.69) is 24.1 Å². The molecule has 0 radical (unpaired) electrons. The minimum atomic E-state index is -0.300. The number of anilines is 1. The van der Waals surface area contributed by atoms with Gasteiger partial charge in [0.2, 0.25) is 0 Å². The largest absolute Gasteiger partial charge is 0.483 e. The number of aryl methyl sites for hydroxylation is 1. The van der Waals surface area contributed by atoms with Crippen LogP contribution in [-0.2, 0) is 4.79 Å². The molecule has 2 aromatic rings. The Morgan fingerprint density at radius 3 is 2.70 bits per heavy atom. The zero-order chi connectivity index (χ0) is 17.0. The number of Topliss-reactive ketones (excluding diaryl/α,β-unsaturated/α-hetero) is 1. The second kappa shape index (κ2) is 7.37. The van der Waals surface area contributed by atoms with Crippen LogP contribution in [0.15, 0.2) is 23.6 Å². The van der Waals surface area contributed by atoms with Crippen molar-refractivity contribution >= 4 is 28.2 Å². The van der Waals surface area contributed by atoms with Crippen molar-refractivity contribution in [3.05, 3.63) is 40.4 Å². The molecule has 1 N–H and O–H groups in total. The Labute approximate surface area is 139 Å². The molecule has 0 aliphatic carbocycles. The molecule has 1 heterocycles. The van der Waals surface area contributed by atoms with E-state index in [0.29, 0.717) is 16.7 Å². The first-order valence-electron chi connectivity index (χ1n) is 7.36. The van der Waals surface area contributed by atoms with Crippen molar-refractivity contribution < 1.29 is 14.3 Å². The number of thiazole rings is 1. The summed E-state index contributed by atoms with van der Waals surface area (Å²) in [6, 6.07) is 5.98. The maximum atomic E-state index is 12.0. The van der Waals surface area contributed by atoms with Gasteiger partial charge in [0.05, 0.1) is 0 Å². The predicted octanol–water partition coefficient (Wildman–Crippen LogP) is 3.80. The highest BCUT2D eigenvalue weighted by molar-refractivity contribution is 7.14. The fourth-order valence-corrected chi connectivity index (χ4v) is 2.80. The van der Waals surface area contributed by atoms with Crippen LogP contribution in [0.1, 0.15) is 48.3 Å². The lowest BCUT2D eigenvalue weighted by Gasteiger charge is -2.14. The molecule has 0 saturated heterocycles. The van der Waals surface area contributed by atoms with E-state index in [1.165, 1.54) is 18.3 Å². The smallest absolute Gasteiger partial charge is 0.264 e. The van der Waals surface area contributed by atoms with E-state index < -0.39 is 0 Å². The minimum absolute atomic E-state index is 0.0990. The summed E-state index contributed by atoms with van der Waals surface area (Å²) in [6.45, 7) is 7.48. The summed E-state index contributed by atoms with van der Waals surface area (Å²) >= 11 is 1.22. The summed E-state index contributed by atoms with van der Waals surface area (Å²) < 4.78 is 5.67. The van der Waals surface area contributed by atoms with E-state index in [0.717, 1.165) is 16.9 Å². The molecule has 122 valence electrons. The molecular weight excluding hydrogens is 312 g/mol. The summed E-state index contributed by atoms with van der Waals surface area (Å²) in [5, 5.41) is 4.66. The van der Waals surface area contributed by atoms with Gasteiger partial charge in [-0.15, -0.1) is 11.3 Å². The third kappa shape index (κ3) is 4.63. The molecule has 2 rings (SSSR count). The van der Waals surface area contributed by atoms with Crippen LogP contribution in [-0.4, -0.2) is 23.3 Å². The van der Waals surface area contributed by atoms with Crippen LogP contribution in [0.5, 0.6) is 5.75 Å². The predicted molar refractivity (Wildman–Crippen MR) is 91.5 cm³/mol. The highest BCUT2D eigenvalue weighted by Crippen LogP contribution is 2.27. The zero-order valence-electron chi connectivity index (χ0n) is 13.7. The van der Waals surface area contributed by atoms with Crippen LogP contribution in [0.2, 0.25) is 0 Å². The van der Waals surface area contributed by atoms with Gasteiger partial charge in [-0.2, -0.15) is 0 Å². The van der Waals surface area contributed by atoms with Crippen LogP contribution < -0.4 is 10.1 Å². The Kier molecular flexibility index (Phi) is 5.50. The highest BCUT2D eigenvalue weighted by atomic mass is 32.1. The zero-order valence-corrected chi connectivity index (χ0v) is 14.5. The number of ether oxygens (including phenoxy) is 1. The second-order valence-corrected chi connectivity index (χ2v) is 6.49. The first-order chi connectivity index (χ1) is 10.9. The van der Waals surface area contributed by atoms with Crippen molar-refractivity contribution in [2.24, 2.45) is 0 Å². The van der Waals surface area contributed by atoms with Gasteiger partial charge in [0.25, 0.3) is 5.91 Å². The lowest BCUT2D eigenvalue weighted by molar-refractivity contribution is -0.118. The average molecular weight is 332 g/mol. The number of carbonyl (C=O) groups is 2. The fourth-order valence-electron chi connectivity index (χ4n) is 2.04. The fraction of sp³-hybridized carbons (Fsp3) is 0.353. The minimum Gasteiger partial charge on any atom is -0.483 e. The molecular formula is C17H20N2O3S. The molecule has 23 heavy (non-hydrogen) atoms. The van der Waals surface area contributed by atoms with Gasteiger partial charge in [0.1, 0.15) is 11.4 Å². The normalized spacial score (nSPS) is 10.7. The molecule has 0 aliphatic heterocycles. The number of ketones is 1. The number of hydrogen-bond acceptors (Lipinski definition) is 5. The van der Waals surface area contributed by atoms with Crippen molar-refractivity contribution in [3.8, 4) is 5.75 Å². The van der Waals surface area contributed by atoms with E-state index in [1.807, 2.05) is 25.1 Å². The van der Waals surface area contributed by atoms with Gasteiger partial charge < -0.3 is 4.74 Å². The van der Waals surface area contributed by atoms with Crippen molar-refractivity contribution in [2.45, 2.75) is 33.6 Å². The molecule has 0 aliphatic rings. The first kappa shape index (κ1) is 17.1. The SMILES string of the molecule is CC(=O)c1csc(NC(=O)COc2cc(C)ccc2C(C)C)n1. The van der Waals surface area contributed by atoms with Crippen molar-refractivity contribution in [1.29, 1.82) is 0 Å². The Hall–Kier alpha value is -2.21. The van der Waals surface area contributed by atoms with Crippen LogP contribution in [0, 0.1) is 6.92 Å². The van der Waals surface area contributed by atoms with Gasteiger partial charge in [-0.1, -0.05) is 26.0 Å². The van der Waals surface area contributed by atoms with Crippen LogP contribution >= 0.6 is 11.3 Å². The Balaban J connectivity index is 1.99. The number of amides is 1. The number of aromatic nitrogens is 1. The third-order valence-electron chi connectivity index (χ3n) is 3.26. The third-order valence-corrected chi connectivity index (χ3v) is 4.02. The molecule has 1 amide bonds. The Morgan fingerprint density at radius 1 is 1.35 bits per heavy atom. The first-order valence-corrected chi connectivity index (χ1v) is 8.24. The quantitative estimate of drug-likeness (QED) is 0.817. The monoisotopic (exact) mass is 332 g/mol. The van der Waals surface area contributed by atoms with Gasteiger partial charge in [-0.3, -0.25) is 14.9 Å². The number of nitrogens with one attached hydrogen (secondary N) is 1. The van der Waals surface area contributed by atoms with E-state index in [4.69, 9.17) is 4.74 Å². The molecule has 6 heteroatoms. The topological polar surface area (TPSA) is 68.3 Å². The molecule has 0 saturated carbocycles. The average Bonchev–Trinajstić information content (AvgIpc) is 2.93. The van der Waals surface area contributed by atoms with E-state index in [-0.39, 0.29) is 18.3 Å². The number of carbonyl (C=O) groups excluding carboxylic acids is 2. The molecule has 1 aromatic carbocycles. The van der Waals surface area contributed by atoms with E-state index in [9.17, 15) is 9.59 Å². The lowest BCUT2D eigenvalue weighted by Crippen LogP contribution is -2.20. The molecule has 1 aromatic heterocycles. The van der Waals surface area contributed by atoms with Crippen molar-refractivity contribution in [2.75, 3.05) is 11.9 Å². The maximum Gasteiger partial charge on any atom is 0.264 e. The number of nitrogens with zero attached hydrogens (tertiary/aromatic N) is 1. The number of benzene rings is 1. The van der Waals surface area contributed by atoms with Gasteiger partial charge in [0.15, 0.2) is 17.5 Å². The van der Waals surface area contributed by atoms with Crippen LogP contribution in [0.4, 0.5) is 5.13 Å². The van der Waals surface area contributed by atoms with Crippen LogP contribution in [0.25, 0.3) is 0 Å². The number of hydrogen-bond donors (Lipinski definition) is 1. The molecule has 0 fully saturated rings. The summed E-state index contributed by atoms with van der Waals surface area (Å²) in [7, 11) is 0. The van der Waals surface area contributed by atoms with Gasteiger partial charge in [-0.25, -0.2) is 4.98 Å². The highest BCUT2D eigenvalue weighted by Gasteiger charge is 2.12. The van der Waals surface area contributed by atoms with Gasteiger partial charge in [0, 0.05) is 12.3 Å². The molecule has 0 atom stereocenters. The second-order valence-electron chi connectivity index (χ2n) is 5.63. The molecule has 5 nitrogen and oxygen atoms in total. The lowest BCUT2D eigenvalue weighted by atomic mass is 10.0. The summed E-state index contributed by atoms with van der Waals surface area (Å²) in [5.74, 6) is 0.606.